The highest BCUT2D eigenvalue weighted by Gasteiger charge is 2.11. The van der Waals surface area contributed by atoms with Crippen LogP contribution in [0.3, 0.4) is 0 Å². The molecule has 0 saturated heterocycles. The van der Waals surface area contributed by atoms with Crippen LogP contribution in [0.4, 0.5) is 5.69 Å². The lowest BCUT2D eigenvalue weighted by atomic mass is 10.2. The second-order valence-electron chi connectivity index (χ2n) is 5.98. The Morgan fingerprint density at radius 1 is 1.28 bits per heavy atom. The first-order chi connectivity index (χ1) is 13.8. The molecular formula is C19H16ClN5O3S. The molecule has 0 atom stereocenters. The van der Waals surface area contributed by atoms with Crippen molar-refractivity contribution in [2.75, 3.05) is 5.32 Å². The second kappa shape index (κ2) is 8.72. The maximum absolute atomic E-state index is 12.6. The Balaban J connectivity index is 1.71. The van der Waals surface area contributed by atoms with Crippen molar-refractivity contribution in [2.45, 2.75) is 6.92 Å². The number of halogens is 1. The van der Waals surface area contributed by atoms with Crippen molar-refractivity contribution >= 4 is 46.8 Å². The molecule has 0 bridgehead atoms. The van der Waals surface area contributed by atoms with Crippen LogP contribution < -0.4 is 16.3 Å². The maximum Gasteiger partial charge on any atom is 0.335 e. The number of nitrogens with zero attached hydrogens (tertiary/aromatic N) is 2. The van der Waals surface area contributed by atoms with E-state index in [0.717, 1.165) is 0 Å². The van der Waals surface area contributed by atoms with E-state index in [0.29, 0.717) is 27.7 Å². The fraction of sp³-hybridized carbons (Fsp3) is 0.0526. The molecule has 0 aliphatic heterocycles. The molecule has 3 aromatic rings. The zero-order chi connectivity index (χ0) is 21.0. The number of aryl methyl sites for hydroxylation is 1. The van der Waals surface area contributed by atoms with Gasteiger partial charge in [-0.25, -0.2) is 9.48 Å². The number of hydrogen-bond acceptors (Lipinski definition) is 4. The number of carbonyl (C=O) groups is 1. The molecule has 148 valence electrons. The van der Waals surface area contributed by atoms with E-state index in [1.54, 1.807) is 43.3 Å². The number of aromatic carboxylic acids is 1. The number of carboxylic acids is 1. The third-order valence-electron chi connectivity index (χ3n) is 3.91. The fourth-order valence-electron chi connectivity index (χ4n) is 2.55. The van der Waals surface area contributed by atoms with Crippen LogP contribution in [0.2, 0.25) is 5.02 Å². The predicted octanol–water partition coefficient (Wildman–Crippen LogP) is 3.15. The molecule has 10 heteroatoms. The van der Waals surface area contributed by atoms with Gasteiger partial charge >= 0.3 is 5.97 Å². The van der Waals surface area contributed by atoms with Gasteiger partial charge in [-0.2, -0.15) is 5.10 Å². The lowest BCUT2D eigenvalue weighted by Gasteiger charge is -2.07. The number of nitrogens with one attached hydrogen (secondary N) is 3. The van der Waals surface area contributed by atoms with Gasteiger partial charge in [-0.05, 0) is 55.5 Å². The van der Waals surface area contributed by atoms with Gasteiger partial charge in [0.25, 0.3) is 5.56 Å². The number of benzene rings is 2. The molecule has 8 nitrogen and oxygen atoms in total. The number of aromatic nitrogens is 2. The Hall–Kier alpha value is -3.43. The molecule has 0 saturated carbocycles. The van der Waals surface area contributed by atoms with Gasteiger partial charge < -0.3 is 10.4 Å². The van der Waals surface area contributed by atoms with Gasteiger partial charge in [0, 0.05) is 16.4 Å². The third-order valence-corrected chi connectivity index (χ3v) is 4.34. The Bertz CT molecular complexity index is 1170. The van der Waals surface area contributed by atoms with Crippen LogP contribution in [0.15, 0.2) is 58.4 Å². The molecule has 0 amide bonds. The van der Waals surface area contributed by atoms with Gasteiger partial charge in [0.15, 0.2) is 5.11 Å². The summed E-state index contributed by atoms with van der Waals surface area (Å²) in [5.74, 6) is -1.04. The minimum Gasteiger partial charge on any atom is -0.478 e. The minimum atomic E-state index is -1.04. The van der Waals surface area contributed by atoms with E-state index in [9.17, 15) is 9.59 Å². The molecule has 0 spiro atoms. The zero-order valence-electron chi connectivity index (χ0n) is 15.1. The van der Waals surface area contributed by atoms with E-state index < -0.39 is 5.97 Å². The Labute approximate surface area is 175 Å². The first kappa shape index (κ1) is 20.3. The Morgan fingerprint density at radius 2 is 2.03 bits per heavy atom. The van der Waals surface area contributed by atoms with Crippen LogP contribution in [0.5, 0.6) is 0 Å². The molecular weight excluding hydrogens is 414 g/mol. The maximum atomic E-state index is 12.6. The highest BCUT2D eigenvalue weighted by Crippen LogP contribution is 2.13. The number of carboxylic acid groups (broad SMARTS) is 1. The first-order valence-corrected chi connectivity index (χ1v) is 9.15. The third kappa shape index (κ3) is 4.89. The summed E-state index contributed by atoms with van der Waals surface area (Å²) in [5.41, 5.74) is 4.52. The highest BCUT2D eigenvalue weighted by atomic mass is 35.5. The number of aromatic amines is 1. The summed E-state index contributed by atoms with van der Waals surface area (Å²) in [7, 11) is 0. The average molecular weight is 430 g/mol. The van der Waals surface area contributed by atoms with E-state index in [1.165, 1.54) is 23.0 Å². The SMILES string of the molecule is Cc1[nH]n(-c2cccc(Cl)c2)c(=O)c1/C=N/NC(=S)Nc1cccc(C(=O)O)c1. The topological polar surface area (TPSA) is 112 Å². The van der Waals surface area contributed by atoms with Crippen LogP contribution in [-0.2, 0) is 0 Å². The number of anilines is 1. The highest BCUT2D eigenvalue weighted by molar-refractivity contribution is 7.80. The van der Waals surface area contributed by atoms with E-state index in [4.69, 9.17) is 28.9 Å². The molecule has 0 aliphatic carbocycles. The molecule has 1 heterocycles. The normalized spacial score (nSPS) is 10.8. The summed E-state index contributed by atoms with van der Waals surface area (Å²) in [4.78, 5) is 23.6. The second-order valence-corrected chi connectivity index (χ2v) is 6.83. The summed E-state index contributed by atoms with van der Waals surface area (Å²) in [6.45, 7) is 1.75. The van der Waals surface area contributed by atoms with Crippen molar-refractivity contribution < 1.29 is 9.90 Å². The molecule has 2 aromatic carbocycles. The van der Waals surface area contributed by atoms with Crippen LogP contribution >= 0.6 is 23.8 Å². The molecule has 1 aromatic heterocycles. The molecule has 29 heavy (non-hydrogen) atoms. The number of rotatable bonds is 5. The van der Waals surface area contributed by atoms with Crippen LogP contribution in [0, 0.1) is 6.92 Å². The first-order valence-electron chi connectivity index (χ1n) is 8.36. The van der Waals surface area contributed by atoms with Crippen LogP contribution in [0.1, 0.15) is 21.6 Å². The van der Waals surface area contributed by atoms with E-state index in [2.05, 4.69) is 20.9 Å². The molecule has 3 rings (SSSR count). The predicted molar refractivity (Wildman–Crippen MR) is 116 cm³/mol. The van der Waals surface area contributed by atoms with E-state index in [1.807, 2.05) is 0 Å². The van der Waals surface area contributed by atoms with Crippen molar-refractivity contribution in [3.63, 3.8) is 0 Å². The standard InChI is InChI=1S/C19H16ClN5O3S/c1-11-16(17(26)25(24-11)15-7-3-5-13(20)9-15)10-21-23-19(29)22-14-6-2-4-12(8-14)18(27)28/h2-10,24H,1H3,(H,27,28)(H2,22,23,29)/b21-10+. The van der Waals surface area contributed by atoms with Gasteiger partial charge in [-0.1, -0.05) is 23.7 Å². The van der Waals surface area contributed by atoms with E-state index in [-0.39, 0.29) is 16.2 Å². The number of H-pyrrole nitrogens is 1. The summed E-state index contributed by atoms with van der Waals surface area (Å²) < 4.78 is 1.37. The van der Waals surface area contributed by atoms with Crippen molar-refractivity contribution in [2.24, 2.45) is 5.10 Å². The monoisotopic (exact) mass is 429 g/mol. The van der Waals surface area contributed by atoms with Gasteiger partial charge in [-0.3, -0.25) is 15.3 Å². The van der Waals surface area contributed by atoms with Gasteiger partial charge in [-0.15, -0.1) is 0 Å². The molecule has 4 N–H and O–H groups in total. The van der Waals surface area contributed by atoms with Gasteiger partial charge in [0.1, 0.15) is 0 Å². The molecule has 0 radical (unpaired) electrons. The molecule has 0 aliphatic rings. The lowest BCUT2D eigenvalue weighted by Crippen LogP contribution is -2.24. The van der Waals surface area contributed by atoms with Gasteiger partial charge in [0.2, 0.25) is 0 Å². The summed E-state index contributed by atoms with van der Waals surface area (Å²) in [6, 6.07) is 13.1. The average Bonchev–Trinajstić information content (AvgIpc) is 2.96. The van der Waals surface area contributed by atoms with Crippen molar-refractivity contribution in [3.8, 4) is 5.69 Å². The van der Waals surface area contributed by atoms with Crippen molar-refractivity contribution in [1.82, 2.24) is 15.2 Å². The van der Waals surface area contributed by atoms with Crippen LogP contribution in [0.25, 0.3) is 5.69 Å². The number of thiocarbonyl (C=S) groups is 1. The zero-order valence-corrected chi connectivity index (χ0v) is 16.7. The van der Waals surface area contributed by atoms with Gasteiger partial charge in [0.05, 0.1) is 23.0 Å². The summed E-state index contributed by atoms with van der Waals surface area (Å²) >= 11 is 11.1. The minimum absolute atomic E-state index is 0.130. The quantitative estimate of drug-likeness (QED) is 0.281. The molecule has 0 fully saturated rings. The Kier molecular flexibility index (Phi) is 6.10. The van der Waals surface area contributed by atoms with Crippen molar-refractivity contribution in [3.05, 3.63) is 80.7 Å². The smallest absolute Gasteiger partial charge is 0.335 e. The lowest BCUT2D eigenvalue weighted by molar-refractivity contribution is 0.0697. The summed E-state index contributed by atoms with van der Waals surface area (Å²) in [5, 5.41) is 19.5. The molecule has 0 unspecified atom stereocenters. The fourth-order valence-corrected chi connectivity index (χ4v) is 2.91. The Morgan fingerprint density at radius 3 is 2.76 bits per heavy atom. The number of hydrogen-bond donors (Lipinski definition) is 4. The van der Waals surface area contributed by atoms with Crippen molar-refractivity contribution in [1.29, 1.82) is 0 Å². The summed E-state index contributed by atoms with van der Waals surface area (Å²) in [6.07, 6.45) is 1.36. The van der Waals surface area contributed by atoms with Crippen LogP contribution in [-0.4, -0.2) is 32.2 Å². The number of hydrazone groups is 1. The largest absolute Gasteiger partial charge is 0.478 e. The van der Waals surface area contributed by atoms with E-state index >= 15 is 0 Å².